The van der Waals surface area contributed by atoms with Gasteiger partial charge in [0.15, 0.2) is 0 Å². The Bertz CT molecular complexity index is 1170. The number of anilines is 1. The minimum absolute atomic E-state index is 0.00605. The molecule has 2 atom stereocenters. The topological polar surface area (TPSA) is 151 Å². The van der Waals surface area contributed by atoms with Crippen LogP contribution in [0.4, 0.5) is 10.5 Å². The number of phenolic OH excluding ortho intramolecular Hbond substituents is 1. The van der Waals surface area contributed by atoms with E-state index in [1.807, 2.05) is 19.1 Å². The molecule has 0 bridgehead atoms. The standard InChI is InChI=1S/C28H36N4O6/c1-17-8-5-6-11-21(17)30-25(35)24(18-12-14-20(33)15-13-18)32(19-9-7-10-19)26(36)22(16-23(29)34)31-27(37)38-28(2,3)4/h5-6,8,11-15,19,22,24,33H,7,9-10,16H2,1-4H3,(H2,29,34)(H,30,35)(H,31,37). The number of hydrogen-bond acceptors (Lipinski definition) is 6. The van der Waals surface area contributed by atoms with Gasteiger partial charge in [-0.05, 0) is 76.3 Å². The number of aromatic hydroxyl groups is 1. The molecule has 1 aliphatic rings. The number of benzene rings is 2. The second kappa shape index (κ2) is 12.0. The van der Waals surface area contributed by atoms with Crippen molar-refractivity contribution >= 4 is 29.5 Å². The summed E-state index contributed by atoms with van der Waals surface area (Å²) < 4.78 is 5.30. The zero-order valence-corrected chi connectivity index (χ0v) is 22.2. The number of rotatable bonds is 9. The number of nitrogens with one attached hydrogen (secondary N) is 2. The van der Waals surface area contributed by atoms with Crippen molar-refractivity contribution in [2.75, 3.05) is 5.32 Å². The first-order valence-electron chi connectivity index (χ1n) is 12.6. The first-order valence-corrected chi connectivity index (χ1v) is 12.6. The zero-order valence-electron chi connectivity index (χ0n) is 22.2. The van der Waals surface area contributed by atoms with E-state index in [0.717, 1.165) is 12.0 Å². The van der Waals surface area contributed by atoms with Crippen LogP contribution in [0.3, 0.4) is 0 Å². The molecule has 3 rings (SSSR count). The van der Waals surface area contributed by atoms with Crippen molar-refractivity contribution in [3.8, 4) is 5.75 Å². The molecule has 0 radical (unpaired) electrons. The lowest BCUT2D eigenvalue weighted by Crippen LogP contribution is -2.57. The highest BCUT2D eigenvalue weighted by Crippen LogP contribution is 2.35. The van der Waals surface area contributed by atoms with E-state index in [0.29, 0.717) is 24.1 Å². The van der Waals surface area contributed by atoms with Gasteiger partial charge < -0.3 is 31.1 Å². The normalized spacial score (nSPS) is 14.9. The Hall–Kier alpha value is -4.08. The monoisotopic (exact) mass is 524 g/mol. The summed E-state index contributed by atoms with van der Waals surface area (Å²) in [5.41, 5.74) is 6.48. The van der Waals surface area contributed by atoms with Gasteiger partial charge in [0.05, 0.1) is 6.42 Å². The summed E-state index contributed by atoms with van der Waals surface area (Å²) in [6.07, 6.45) is 0.803. The number of carbonyl (C=O) groups is 4. The maximum atomic E-state index is 14.0. The molecule has 10 nitrogen and oxygen atoms in total. The summed E-state index contributed by atoms with van der Waals surface area (Å²) in [6, 6.07) is 10.5. The predicted octanol–water partition coefficient (Wildman–Crippen LogP) is 3.53. The van der Waals surface area contributed by atoms with Crippen LogP contribution in [0.25, 0.3) is 0 Å². The van der Waals surface area contributed by atoms with Gasteiger partial charge in [-0.3, -0.25) is 14.4 Å². The van der Waals surface area contributed by atoms with Crippen LogP contribution < -0.4 is 16.4 Å². The highest BCUT2D eigenvalue weighted by molar-refractivity contribution is 6.00. The molecule has 2 unspecified atom stereocenters. The third kappa shape index (κ3) is 7.47. The van der Waals surface area contributed by atoms with E-state index in [-0.39, 0.29) is 11.8 Å². The molecule has 204 valence electrons. The van der Waals surface area contributed by atoms with Gasteiger partial charge in [-0.2, -0.15) is 0 Å². The number of para-hydroxylation sites is 1. The molecule has 2 aromatic rings. The van der Waals surface area contributed by atoms with Crippen LogP contribution in [0.2, 0.25) is 0 Å². The van der Waals surface area contributed by atoms with Crippen molar-refractivity contribution in [3.63, 3.8) is 0 Å². The molecule has 10 heteroatoms. The molecule has 4 amide bonds. The summed E-state index contributed by atoms with van der Waals surface area (Å²) in [5, 5.41) is 15.2. The van der Waals surface area contributed by atoms with Gasteiger partial charge in [-0.15, -0.1) is 0 Å². The molecule has 1 saturated carbocycles. The summed E-state index contributed by atoms with van der Waals surface area (Å²) in [5.74, 6) is -1.89. The van der Waals surface area contributed by atoms with Gasteiger partial charge in [0.25, 0.3) is 5.91 Å². The fraction of sp³-hybridized carbons (Fsp3) is 0.429. The molecule has 1 aliphatic carbocycles. The number of primary amides is 1. The van der Waals surface area contributed by atoms with Crippen LogP contribution in [0.15, 0.2) is 48.5 Å². The van der Waals surface area contributed by atoms with E-state index in [4.69, 9.17) is 10.5 Å². The minimum atomic E-state index is -1.34. The highest BCUT2D eigenvalue weighted by atomic mass is 16.6. The summed E-state index contributed by atoms with van der Waals surface area (Å²) >= 11 is 0. The maximum absolute atomic E-state index is 14.0. The molecular formula is C28H36N4O6. The fourth-order valence-electron chi connectivity index (χ4n) is 4.22. The van der Waals surface area contributed by atoms with Crippen molar-refractivity contribution in [2.45, 2.75) is 77.1 Å². The second-order valence-corrected chi connectivity index (χ2v) is 10.5. The zero-order chi connectivity index (χ0) is 28.0. The van der Waals surface area contributed by atoms with Crippen LogP contribution in [-0.4, -0.2) is 51.5 Å². The Morgan fingerprint density at radius 1 is 1.08 bits per heavy atom. The highest BCUT2D eigenvalue weighted by Gasteiger charge is 2.42. The van der Waals surface area contributed by atoms with E-state index < -0.39 is 47.9 Å². The smallest absolute Gasteiger partial charge is 0.408 e. The lowest BCUT2D eigenvalue weighted by atomic mass is 9.87. The quantitative estimate of drug-likeness (QED) is 0.394. The number of nitrogens with zero attached hydrogens (tertiary/aromatic N) is 1. The van der Waals surface area contributed by atoms with Crippen molar-refractivity contribution in [2.24, 2.45) is 5.73 Å². The lowest BCUT2D eigenvalue weighted by Gasteiger charge is -2.43. The largest absolute Gasteiger partial charge is 0.508 e. The Labute approximate surface area is 222 Å². The van der Waals surface area contributed by atoms with Gasteiger partial charge in [0.2, 0.25) is 11.8 Å². The van der Waals surface area contributed by atoms with Crippen LogP contribution >= 0.6 is 0 Å². The Morgan fingerprint density at radius 2 is 1.71 bits per heavy atom. The average Bonchev–Trinajstić information content (AvgIpc) is 2.77. The van der Waals surface area contributed by atoms with Gasteiger partial charge in [0, 0.05) is 11.7 Å². The van der Waals surface area contributed by atoms with Crippen molar-refractivity contribution < 1.29 is 29.0 Å². The van der Waals surface area contributed by atoms with E-state index in [2.05, 4.69) is 10.6 Å². The number of aryl methyl sites for hydroxylation is 1. The number of ether oxygens (including phenoxy) is 1. The molecule has 0 saturated heterocycles. The van der Waals surface area contributed by atoms with E-state index in [1.165, 1.54) is 17.0 Å². The van der Waals surface area contributed by atoms with Crippen molar-refractivity contribution in [1.82, 2.24) is 10.2 Å². The van der Waals surface area contributed by atoms with Crippen molar-refractivity contribution in [3.05, 3.63) is 59.7 Å². The molecule has 2 aromatic carbocycles. The first kappa shape index (κ1) is 28.5. The number of phenols is 1. The van der Waals surface area contributed by atoms with E-state index >= 15 is 0 Å². The second-order valence-electron chi connectivity index (χ2n) is 10.5. The summed E-state index contributed by atoms with van der Waals surface area (Å²) in [6.45, 7) is 6.88. The number of carbonyl (C=O) groups excluding carboxylic acids is 4. The molecular weight excluding hydrogens is 488 g/mol. The number of amides is 4. The number of hydrogen-bond donors (Lipinski definition) is 4. The molecule has 1 fully saturated rings. The predicted molar refractivity (Wildman–Crippen MR) is 142 cm³/mol. The lowest BCUT2D eigenvalue weighted by molar-refractivity contribution is -0.146. The van der Waals surface area contributed by atoms with Crippen LogP contribution in [0.5, 0.6) is 5.75 Å². The van der Waals surface area contributed by atoms with E-state index in [1.54, 1.807) is 45.0 Å². The average molecular weight is 525 g/mol. The van der Waals surface area contributed by atoms with Crippen LogP contribution in [0.1, 0.15) is 63.6 Å². The fourth-order valence-corrected chi connectivity index (χ4v) is 4.22. The van der Waals surface area contributed by atoms with Crippen molar-refractivity contribution in [1.29, 1.82) is 0 Å². The molecule has 0 heterocycles. The Balaban J connectivity index is 2.02. The number of alkyl carbamates (subject to hydrolysis) is 1. The molecule has 5 N–H and O–H groups in total. The Morgan fingerprint density at radius 3 is 2.24 bits per heavy atom. The third-order valence-electron chi connectivity index (χ3n) is 6.26. The van der Waals surface area contributed by atoms with Gasteiger partial charge >= 0.3 is 6.09 Å². The first-order chi connectivity index (χ1) is 17.9. The third-order valence-corrected chi connectivity index (χ3v) is 6.26. The van der Waals surface area contributed by atoms with Gasteiger partial charge in [-0.1, -0.05) is 30.3 Å². The van der Waals surface area contributed by atoms with Crippen LogP contribution in [-0.2, 0) is 19.1 Å². The summed E-state index contributed by atoms with van der Waals surface area (Å²) in [4.78, 5) is 53.7. The van der Waals surface area contributed by atoms with Gasteiger partial charge in [-0.25, -0.2) is 4.79 Å². The van der Waals surface area contributed by atoms with Gasteiger partial charge in [0.1, 0.15) is 23.4 Å². The molecule has 0 aromatic heterocycles. The SMILES string of the molecule is Cc1ccccc1NC(=O)C(c1ccc(O)cc1)N(C(=O)C(CC(N)=O)NC(=O)OC(C)(C)C)C1CCC1. The molecule has 0 spiro atoms. The number of nitrogens with two attached hydrogens (primary N) is 1. The minimum Gasteiger partial charge on any atom is -0.508 e. The van der Waals surface area contributed by atoms with E-state index in [9.17, 15) is 24.3 Å². The summed E-state index contributed by atoms with van der Waals surface area (Å²) in [7, 11) is 0. The van der Waals surface area contributed by atoms with Crippen LogP contribution in [0, 0.1) is 6.92 Å². The Kier molecular flexibility index (Phi) is 8.98. The maximum Gasteiger partial charge on any atom is 0.408 e. The molecule has 38 heavy (non-hydrogen) atoms. The molecule has 0 aliphatic heterocycles.